The lowest BCUT2D eigenvalue weighted by Gasteiger charge is -2.24. The van der Waals surface area contributed by atoms with Crippen LogP contribution in [0.25, 0.3) is 11.1 Å². The van der Waals surface area contributed by atoms with Crippen molar-refractivity contribution in [3.8, 4) is 16.9 Å². The molecule has 0 fully saturated rings. The molecule has 2 aromatic carbocycles. The van der Waals surface area contributed by atoms with Crippen LogP contribution in [0.1, 0.15) is 24.5 Å². The third-order valence-electron chi connectivity index (χ3n) is 4.38. The number of fused-ring (bicyclic) bond motifs is 2. The standard InChI is InChI=1S/C18H19NO/c1-12-2-3-15-10-13(4-6-17(15)19-12)14-5-7-18-16(11-14)8-9-20-18/h4-7,10-12,19H,2-3,8-9H2,1H3. The zero-order valence-corrected chi connectivity index (χ0v) is 11.8. The predicted octanol–water partition coefficient (Wildman–Crippen LogP) is 4.04. The molecule has 2 aromatic rings. The fourth-order valence-corrected chi connectivity index (χ4v) is 3.20. The van der Waals surface area contributed by atoms with E-state index in [4.69, 9.17) is 4.74 Å². The van der Waals surface area contributed by atoms with Crippen molar-refractivity contribution in [1.82, 2.24) is 0 Å². The Balaban J connectivity index is 1.72. The highest BCUT2D eigenvalue weighted by atomic mass is 16.5. The second-order valence-electron chi connectivity index (χ2n) is 5.88. The third-order valence-corrected chi connectivity index (χ3v) is 4.38. The van der Waals surface area contributed by atoms with Gasteiger partial charge >= 0.3 is 0 Å². The Labute approximate surface area is 119 Å². The summed E-state index contributed by atoms with van der Waals surface area (Å²) < 4.78 is 5.58. The maximum absolute atomic E-state index is 5.58. The second-order valence-corrected chi connectivity index (χ2v) is 5.88. The molecule has 0 spiro atoms. The Kier molecular flexibility index (Phi) is 2.69. The van der Waals surface area contributed by atoms with E-state index in [-0.39, 0.29) is 0 Å². The molecule has 1 N–H and O–H groups in total. The lowest BCUT2D eigenvalue weighted by atomic mass is 9.94. The lowest BCUT2D eigenvalue weighted by Crippen LogP contribution is -2.21. The van der Waals surface area contributed by atoms with Crippen LogP contribution >= 0.6 is 0 Å². The van der Waals surface area contributed by atoms with Crippen molar-refractivity contribution < 1.29 is 4.74 Å². The molecule has 0 amide bonds. The highest BCUT2D eigenvalue weighted by molar-refractivity contribution is 5.71. The molecule has 0 bridgehead atoms. The summed E-state index contributed by atoms with van der Waals surface area (Å²) in [6.07, 6.45) is 3.42. The van der Waals surface area contributed by atoms with Crippen LogP contribution in [0, 0.1) is 0 Å². The van der Waals surface area contributed by atoms with E-state index in [0.717, 1.165) is 18.8 Å². The quantitative estimate of drug-likeness (QED) is 0.840. The molecule has 0 radical (unpaired) electrons. The highest BCUT2D eigenvalue weighted by Gasteiger charge is 2.16. The van der Waals surface area contributed by atoms with Gasteiger partial charge in [-0.1, -0.05) is 12.1 Å². The van der Waals surface area contributed by atoms with Gasteiger partial charge in [0.25, 0.3) is 0 Å². The molecule has 0 aliphatic carbocycles. The van der Waals surface area contributed by atoms with Crippen molar-refractivity contribution in [3.05, 3.63) is 47.5 Å². The molecule has 1 unspecified atom stereocenters. The van der Waals surface area contributed by atoms with Crippen LogP contribution in [0.3, 0.4) is 0 Å². The predicted molar refractivity (Wildman–Crippen MR) is 82.5 cm³/mol. The average molecular weight is 265 g/mol. The molecular formula is C18H19NO. The fraction of sp³-hybridized carbons (Fsp3) is 0.333. The molecule has 0 saturated heterocycles. The number of hydrogen-bond acceptors (Lipinski definition) is 2. The zero-order chi connectivity index (χ0) is 13.5. The van der Waals surface area contributed by atoms with Crippen LogP contribution in [0.15, 0.2) is 36.4 Å². The Morgan fingerprint density at radius 1 is 1.00 bits per heavy atom. The van der Waals surface area contributed by atoms with E-state index >= 15 is 0 Å². The molecule has 2 aliphatic rings. The molecule has 1 atom stereocenters. The minimum Gasteiger partial charge on any atom is -0.493 e. The molecule has 2 heteroatoms. The SMILES string of the molecule is CC1CCc2cc(-c3ccc4c(c3)CCO4)ccc2N1. The monoisotopic (exact) mass is 265 g/mol. The summed E-state index contributed by atoms with van der Waals surface area (Å²) in [5, 5.41) is 3.56. The third kappa shape index (κ3) is 1.96. The van der Waals surface area contributed by atoms with E-state index in [9.17, 15) is 0 Å². The van der Waals surface area contributed by atoms with Gasteiger partial charge in [-0.2, -0.15) is 0 Å². The van der Waals surface area contributed by atoms with E-state index in [0.29, 0.717) is 6.04 Å². The zero-order valence-electron chi connectivity index (χ0n) is 11.8. The Morgan fingerprint density at radius 2 is 1.80 bits per heavy atom. The van der Waals surface area contributed by atoms with Gasteiger partial charge in [0.2, 0.25) is 0 Å². The Hall–Kier alpha value is -1.96. The van der Waals surface area contributed by atoms with E-state index < -0.39 is 0 Å². The maximum Gasteiger partial charge on any atom is 0.122 e. The van der Waals surface area contributed by atoms with E-state index in [2.05, 4.69) is 48.6 Å². The smallest absolute Gasteiger partial charge is 0.122 e. The Morgan fingerprint density at radius 3 is 2.70 bits per heavy atom. The van der Waals surface area contributed by atoms with Gasteiger partial charge in [0.05, 0.1) is 6.61 Å². The number of aryl methyl sites for hydroxylation is 1. The van der Waals surface area contributed by atoms with Gasteiger partial charge in [0.15, 0.2) is 0 Å². The van der Waals surface area contributed by atoms with Crippen molar-refractivity contribution in [2.45, 2.75) is 32.2 Å². The summed E-state index contributed by atoms with van der Waals surface area (Å²) >= 11 is 0. The molecular weight excluding hydrogens is 246 g/mol. The lowest BCUT2D eigenvalue weighted by molar-refractivity contribution is 0.357. The van der Waals surface area contributed by atoms with Gasteiger partial charge in [0.1, 0.15) is 5.75 Å². The molecule has 4 rings (SSSR count). The number of anilines is 1. The molecule has 2 heterocycles. The van der Waals surface area contributed by atoms with Crippen LogP contribution in [-0.4, -0.2) is 12.6 Å². The van der Waals surface area contributed by atoms with Crippen molar-refractivity contribution in [3.63, 3.8) is 0 Å². The summed E-state index contributed by atoms with van der Waals surface area (Å²) in [4.78, 5) is 0. The van der Waals surface area contributed by atoms with Crippen LogP contribution in [0.2, 0.25) is 0 Å². The summed E-state index contributed by atoms with van der Waals surface area (Å²) in [7, 11) is 0. The van der Waals surface area contributed by atoms with Crippen LogP contribution in [0.5, 0.6) is 5.75 Å². The maximum atomic E-state index is 5.58. The minimum atomic E-state index is 0.588. The van der Waals surface area contributed by atoms with Crippen molar-refractivity contribution in [2.75, 3.05) is 11.9 Å². The first-order valence-corrected chi connectivity index (χ1v) is 7.45. The van der Waals surface area contributed by atoms with Crippen molar-refractivity contribution in [1.29, 1.82) is 0 Å². The normalized spacial score (nSPS) is 19.8. The van der Waals surface area contributed by atoms with Gasteiger partial charge in [-0.05, 0) is 66.3 Å². The molecule has 0 saturated carbocycles. The number of hydrogen-bond donors (Lipinski definition) is 1. The van der Waals surface area contributed by atoms with Crippen LogP contribution in [-0.2, 0) is 12.8 Å². The van der Waals surface area contributed by atoms with E-state index in [1.165, 1.54) is 40.8 Å². The number of nitrogens with one attached hydrogen (secondary N) is 1. The van der Waals surface area contributed by atoms with Gasteiger partial charge < -0.3 is 10.1 Å². The molecule has 102 valence electrons. The number of rotatable bonds is 1. The summed E-state index contributed by atoms with van der Waals surface area (Å²) in [6.45, 7) is 3.07. The summed E-state index contributed by atoms with van der Waals surface area (Å²) in [5.74, 6) is 1.06. The van der Waals surface area contributed by atoms with Crippen molar-refractivity contribution in [2.24, 2.45) is 0 Å². The topological polar surface area (TPSA) is 21.3 Å². The van der Waals surface area contributed by atoms with Gasteiger partial charge in [-0.3, -0.25) is 0 Å². The number of ether oxygens (including phenoxy) is 1. The summed E-state index contributed by atoms with van der Waals surface area (Å²) in [5.41, 5.74) is 6.70. The fourth-order valence-electron chi connectivity index (χ4n) is 3.20. The average Bonchev–Trinajstić information content (AvgIpc) is 2.94. The number of benzene rings is 2. The molecule has 20 heavy (non-hydrogen) atoms. The van der Waals surface area contributed by atoms with Crippen LogP contribution < -0.4 is 10.1 Å². The first-order valence-electron chi connectivity index (χ1n) is 7.45. The van der Waals surface area contributed by atoms with Gasteiger partial charge in [0, 0.05) is 18.2 Å². The Bertz CT molecular complexity index is 662. The molecule has 2 nitrogen and oxygen atoms in total. The van der Waals surface area contributed by atoms with Crippen molar-refractivity contribution >= 4 is 5.69 Å². The first-order chi connectivity index (χ1) is 9.79. The highest BCUT2D eigenvalue weighted by Crippen LogP contribution is 2.33. The van der Waals surface area contributed by atoms with E-state index in [1.54, 1.807) is 0 Å². The van der Waals surface area contributed by atoms with Crippen LogP contribution in [0.4, 0.5) is 5.69 Å². The first kappa shape index (κ1) is 11.8. The van der Waals surface area contributed by atoms with Gasteiger partial charge in [-0.15, -0.1) is 0 Å². The second kappa shape index (κ2) is 4.55. The minimum absolute atomic E-state index is 0.588. The van der Waals surface area contributed by atoms with E-state index in [1.807, 2.05) is 0 Å². The largest absolute Gasteiger partial charge is 0.493 e. The van der Waals surface area contributed by atoms with Gasteiger partial charge in [-0.25, -0.2) is 0 Å². The summed E-state index contributed by atoms with van der Waals surface area (Å²) in [6, 6.07) is 13.9. The molecule has 2 aliphatic heterocycles. The molecule has 0 aromatic heterocycles.